The number of halogens is 1. The number of aryl methyl sites for hydroxylation is 3. The third-order valence-corrected chi connectivity index (χ3v) is 5.80. The lowest BCUT2D eigenvalue weighted by Crippen LogP contribution is -2.07. The molecular weight excluding hydrogens is 397 g/mol. The smallest absolute Gasteiger partial charge is 0.126 e. The van der Waals surface area contributed by atoms with Crippen LogP contribution in [0.3, 0.4) is 0 Å². The van der Waals surface area contributed by atoms with Crippen molar-refractivity contribution in [1.29, 1.82) is 0 Å². The number of aliphatic hydroxyl groups is 1. The van der Waals surface area contributed by atoms with Gasteiger partial charge in [0.25, 0.3) is 0 Å². The Hall–Kier alpha value is -3.39. The summed E-state index contributed by atoms with van der Waals surface area (Å²) >= 11 is 0. The molecule has 31 heavy (non-hydrogen) atoms. The molecular formula is C23H22FN5O2. The van der Waals surface area contributed by atoms with Gasteiger partial charge in [-0.3, -0.25) is 4.40 Å². The Balaban J connectivity index is 1.56. The van der Waals surface area contributed by atoms with Crippen molar-refractivity contribution in [2.75, 3.05) is 6.61 Å². The number of ether oxygens (including phenoxy) is 1. The molecule has 0 saturated heterocycles. The number of hydrogen-bond donors (Lipinski definition) is 1. The number of nitrogens with zero attached hydrogens (tertiary/aromatic N) is 5. The lowest BCUT2D eigenvalue weighted by molar-refractivity contribution is 0.279. The van der Waals surface area contributed by atoms with Gasteiger partial charge in [-0.2, -0.15) is 0 Å². The molecule has 0 radical (unpaired) electrons. The van der Waals surface area contributed by atoms with E-state index in [0.717, 1.165) is 45.9 Å². The van der Waals surface area contributed by atoms with Crippen LogP contribution in [0, 0.1) is 19.7 Å². The summed E-state index contributed by atoms with van der Waals surface area (Å²) in [6, 6.07) is 3.16. The van der Waals surface area contributed by atoms with Crippen LogP contribution >= 0.6 is 0 Å². The molecule has 0 unspecified atom stereocenters. The Labute approximate surface area is 178 Å². The molecule has 0 saturated carbocycles. The molecule has 0 bridgehead atoms. The molecule has 7 nitrogen and oxygen atoms in total. The van der Waals surface area contributed by atoms with Crippen LogP contribution in [0.4, 0.5) is 4.39 Å². The summed E-state index contributed by atoms with van der Waals surface area (Å²) in [6.45, 7) is 4.15. The summed E-state index contributed by atoms with van der Waals surface area (Å²) in [5, 5.41) is 9.86. The van der Waals surface area contributed by atoms with Crippen LogP contribution in [-0.2, 0) is 25.9 Å². The standard InChI is InChI=1S/C23H22FN5O2/c1-13-17(9-25-14(2)28-13)18-10-26-22(29-12-27-20(11-30)23(18)29)6-3-15-16-7-8-31-21(16)5-4-19(15)24/h4-5,9-10,12,30H,3,6-8,11H2,1-2H3. The van der Waals surface area contributed by atoms with Gasteiger partial charge >= 0.3 is 0 Å². The highest BCUT2D eigenvalue weighted by Gasteiger charge is 2.21. The SMILES string of the molecule is Cc1ncc(-c2cnc(CCc3c(F)ccc4c3CCO4)n3cnc(CO)c23)c(C)n1. The number of aliphatic hydroxyl groups excluding tert-OH is 1. The van der Waals surface area contributed by atoms with Gasteiger partial charge in [-0.05, 0) is 38.0 Å². The van der Waals surface area contributed by atoms with Crippen LogP contribution in [-0.4, -0.2) is 36.1 Å². The molecule has 3 aromatic heterocycles. The predicted molar refractivity (Wildman–Crippen MR) is 112 cm³/mol. The van der Waals surface area contributed by atoms with Gasteiger partial charge < -0.3 is 9.84 Å². The normalized spacial score (nSPS) is 12.9. The topological polar surface area (TPSA) is 85.4 Å². The minimum Gasteiger partial charge on any atom is -0.493 e. The van der Waals surface area contributed by atoms with Gasteiger partial charge in [0.15, 0.2) is 0 Å². The Morgan fingerprint density at radius 1 is 1.10 bits per heavy atom. The molecule has 1 N–H and O–H groups in total. The van der Waals surface area contributed by atoms with Crippen molar-refractivity contribution in [2.24, 2.45) is 0 Å². The van der Waals surface area contributed by atoms with Gasteiger partial charge in [0, 0.05) is 47.6 Å². The van der Waals surface area contributed by atoms with E-state index in [0.29, 0.717) is 36.5 Å². The van der Waals surface area contributed by atoms with E-state index < -0.39 is 0 Å². The highest BCUT2D eigenvalue weighted by Crippen LogP contribution is 2.32. The second-order valence-electron chi connectivity index (χ2n) is 7.67. The van der Waals surface area contributed by atoms with Crippen molar-refractivity contribution in [3.05, 3.63) is 70.8 Å². The molecule has 158 valence electrons. The number of hydrogen-bond acceptors (Lipinski definition) is 6. The van der Waals surface area contributed by atoms with E-state index in [2.05, 4.69) is 19.9 Å². The summed E-state index contributed by atoms with van der Waals surface area (Å²) in [5.41, 5.74) is 5.43. The maximum atomic E-state index is 14.5. The molecule has 1 aliphatic heterocycles. The third-order valence-electron chi connectivity index (χ3n) is 5.80. The molecule has 4 aromatic rings. The van der Waals surface area contributed by atoms with E-state index in [9.17, 15) is 9.50 Å². The summed E-state index contributed by atoms with van der Waals surface area (Å²) in [4.78, 5) is 17.8. The maximum Gasteiger partial charge on any atom is 0.126 e. The Morgan fingerprint density at radius 2 is 1.94 bits per heavy atom. The van der Waals surface area contributed by atoms with E-state index >= 15 is 0 Å². The molecule has 8 heteroatoms. The maximum absolute atomic E-state index is 14.5. The number of rotatable bonds is 5. The first-order chi connectivity index (χ1) is 15.1. The molecule has 1 aliphatic rings. The molecule has 5 rings (SSSR count). The van der Waals surface area contributed by atoms with E-state index in [1.165, 1.54) is 6.07 Å². The number of imidazole rings is 1. The van der Waals surface area contributed by atoms with Crippen molar-refractivity contribution in [3.63, 3.8) is 0 Å². The predicted octanol–water partition coefficient (Wildman–Crippen LogP) is 3.15. The van der Waals surface area contributed by atoms with Gasteiger partial charge in [-0.1, -0.05) is 0 Å². The molecule has 1 aromatic carbocycles. The zero-order chi connectivity index (χ0) is 21.5. The summed E-state index contributed by atoms with van der Waals surface area (Å²) in [7, 11) is 0. The van der Waals surface area contributed by atoms with Crippen LogP contribution in [0.15, 0.2) is 30.9 Å². The molecule has 0 atom stereocenters. The van der Waals surface area contributed by atoms with E-state index in [1.54, 1.807) is 24.8 Å². The fraction of sp³-hybridized carbons (Fsp3) is 0.304. The van der Waals surface area contributed by atoms with Gasteiger partial charge in [0.1, 0.15) is 29.5 Å². The fourth-order valence-electron chi connectivity index (χ4n) is 4.30. The lowest BCUT2D eigenvalue weighted by atomic mass is 9.99. The zero-order valence-electron chi connectivity index (χ0n) is 17.4. The van der Waals surface area contributed by atoms with E-state index in [4.69, 9.17) is 4.74 Å². The molecule has 4 heterocycles. The Morgan fingerprint density at radius 3 is 2.74 bits per heavy atom. The first-order valence-corrected chi connectivity index (χ1v) is 10.2. The van der Waals surface area contributed by atoms with Crippen molar-refractivity contribution in [2.45, 2.75) is 39.7 Å². The van der Waals surface area contributed by atoms with Crippen LogP contribution in [0.1, 0.15) is 34.2 Å². The summed E-state index contributed by atoms with van der Waals surface area (Å²) in [5.74, 6) is 1.99. The quantitative estimate of drug-likeness (QED) is 0.535. The van der Waals surface area contributed by atoms with Crippen molar-refractivity contribution >= 4 is 5.52 Å². The number of benzene rings is 1. The molecule has 0 amide bonds. The summed E-state index contributed by atoms with van der Waals surface area (Å²) in [6.07, 6.45) is 6.93. The van der Waals surface area contributed by atoms with E-state index in [1.807, 2.05) is 18.2 Å². The number of fused-ring (bicyclic) bond motifs is 2. The van der Waals surface area contributed by atoms with Crippen LogP contribution < -0.4 is 4.74 Å². The minimum absolute atomic E-state index is 0.198. The molecule has 0 spiro atoms. The average Bonchev–Trinajstić information content (AvgIpc) is 3.40. The molecule has 0 fully saturated rings. The van der Waals surface area contributed by atoms with Crippen LogP contribution in [0.25, 0.3) is 16.6 Å². The zero-order valence-corrected chi connectivity index (χ0v) is 17.4. The van der Waals surface area contributed by atoms with Gasteiger partial charge in [0.05, 0.1) is 24.4 Å². The van der Waals surface area contributed by atoms with Gasteiger partial charge in [-0.15, -0.1) is 0 Å². The van der Waals surface area contributed by atoms with Crippen molar-refractivity contribution in [3.8, 4) is 16.9 Å². The number of aromatic nitrogens is 5. The molecule has 0 aliphatic carbocycles. The average molecular weight is 419 g/mol. The van der Waals surface area contributed by atoms with E-state index in [-0.39, 0.29) is 12.4 Å². The second-order valence-corrected chi connectivity index (χ2v) is 7.67. The second kappa shape index (κ2) is 7.70. The Kier molecular flexibility index (Phi) is 4.86. The monoisotopic (exact) mass is 419 g/mol. The summed E-state index contributed by atoms with van der Waals surface area (Å²) < 4.78 is 22.0. The fourth-order valence-corrected chi connectivity index (χ4v) is 4.30. The van der Waals surface area contributed by atoms with Gasteiger partial charge in [0.2, 0.25) is 0 Å². The van der Waals surface area contributed by atoms with Crippen LogP contribution in [0.2, 0.25) is 0 Å². The van der Waals surface area contributed by atoms with Crippen molar-refractivity contribution < 1.29 is 14.2 Å². The largest absolute Gasteiger partial charge is 0.493 e. The Bertz CT molecular complexity index is 1300. The van der Waals surface area contributed by atoms with Gasteiger partial charge in [-0.25, -0.2) is 24.3 Å². The first-order valence-electron chi connectivity index (χ1n) is 10.2. The van der Waals surface area contributed by atoms with Crippen molar-refractivity contribution in [1.82, 2.24) is 24.3 Å². The lowest BCUT2D eigenvalue weighted by Gasteiger charge is -2.13. The minimum atomic E-state index is -0.216. The highest BCUT2D eigenvalue weighted by molar-refractivity contribution is 5.82. The first kappa shape index (κ1) is 19.6. The third kappa shape index (κ3) is 3.33. The highest BCUT2D eigenvalue weighted by atomic mass is 19.1. The van der Waals surface area contributed by atoms with Crippen LogP contribution in [0.5, 0.6) is 5.75 Å².